The Kier molecular flexibility index (Phi) is 9.25. The first-order valence-electron chi connectivity index (χ1n) is 11.2. The van der Waals surface area contributed by atoms with Crippen LogP contribution in [0, 0.1) is 5.92 Å². The monoisotopic (exact) mass is 434 g/mol. The molecule has 1 aromatic carbocycles. The Morgan fingerprint density at radius 2 is 1.97 bits per heavy atom. The van der Waals surface area contributed by atoms with Gasteiger partial charge < -0.3 is 25.2 Å². The summed E-state index contributed by atoms with van der Waals surface area (Å²) >= 11 is 0. The Hall–Kier alpha value is -1.73. The Labute approximate surface area is 185 Å². The summed E-state index contributed by atoms with van der Waals surface area (Å²) in [7, 11) is 0. The molecule has 0 aliphatic carbocycles. The van der Waals surface area contributed by atoms with E-state index >= 15 is 0 Å². The van der Waals surface area contributed by atoms with E-state index in [0.717, 1.165) is 23.1 Å². The van der Waals surface area contributed by atoms with Crippen molar-refractivity contribution in [1.29, 1.82) is 0 Å². The number of benzene rings is 1. The Morgan fingerprint density at radius 1 is 1.26 bits per heavy atom. The summed E-state index contributed by atoms with van der Waals surface area (Å²) in [5.41, 5.74) is 2.02. The maximum atomic E-state index is 12.6. The van der Waals surface area contributed by atoms with Gasteiger partial charge in [-0.2, -0.15) is 0 Å². The van der Waals surface area contributed by atoms with Crippen molar-refractivity contribution in [2.45, 2.75) is 89.6 Å². The van der Waals surface area contributed by atoms with E-state index in [2.05, 4.69) is 0 Å². The summed E-state index contributed by atoms with van der Waals surface area (Å²) in [5.74, 6) is -0.909. The van der Waals surface area contributed by atoms with Crippen LogP contribution in [0.1, 0.15) is 64.5 Å². The first kappa shape index (κ1) is 25.5. The van der Waals surface area contributed by atoms with Gasteiger partial charge in [-0.05, 0) is 49.3 Å². The average Bonchev–Trinajstić information content (AvgIpc) is 2.75. The third-order valence-electron chi connectivity index (χ3n) is 6.52. The standard InChI is InChI=1S/C25H38O6/c1-5-17(15-26)12-16(2)21-10-7-11-22(28)25(3,4)19-9-6-8-18(13-19)14-20(27)23(29)24(30)31-21/h6,8-9,12-13,17,20-23,26-29H,5,7,10-11,14-15H2,1-4H3. The molecule has 174 valence electrons. The molecule has 0 aromatic heterocycles. The molecule has 1 heterocycles. The quantitative estimate of drug-likeness (QED) is 0.429. The minimum Gasteiger partial charge on any atom is -0.456 e. The van der Waals surface area contributed by atoms with Gasteiger partial charge in [-0.1, -0.05) is 51.1 Å². The second kappa shape index (κ2) is 11.2. The third kappa shape index (κ3) is 6.62. The molecule has 0 fully saturated rings. The van der Waals surface area contributed by atoms with Crippen LogP contribution >= 0.6 is 0 Å². The number of carbonyl (C=O) groups is 1. The van der Waals surface area contributed by atoms with Crippen LogP contribution < -0.4 is 0 Å². The van der Waals surface area contributed by atoms with E-state index in [1.165, 1.54) is 0 Å². The summed E-state index contributed by atoms with van der Waals surface area (Å²) in [6.45, 7) is 7.79. The minimum absolute atomic E-state index is 0.000486. The lowest BCUT2D eigenvalue weighted by atomic mass is 9.76. The van der Waals surface area contributed by atoms with Crippen molar-refractivity contribution in [3.8, 4) is 0 Å². The molecule has 0 radical (unpaired) electrons. The van der Waals surface area contributed by atoms with Crippen molar-refractivity contribution < 1.29 is 30.0 Å². The number of fused-ring (bicyclic) bond motifs is 2. The van der Waals surface area contributed by atoms with Crippen molar-refractivity contribution in [2.24, 2.45) is 5.92 Å². The van der Waals surface area contributed by atoms with Gasteiger partial charge in [0.05, 0.1) is 12.2 Å². The number of esters is 1. The number of carbonyl (C=O) groups excluding carboxylic acids is 1. The maximum absolute atomic E-state index is 12.6. The molecule has 5 unspecified atom stereocenters. The molecule has 1 aromatic rings. The molecule has 0 amide bonds. The summed E-state index contributed by atoms with van der Waals surface area (Å²) in [6, 6.07) is 7.54. The van der Waals surface area contributed by atoms with Crippen LogP contribution in [0.3, 0.4) is 0 Å². The zero-order chi connectivity index (χ0) is 23.2. The van der Waals surface area contributed by atoms with Crippen LogP contribution in [0.4, 0.5) is 0 Å². The Bertz CT molecular complexity index is 752. The maximum Gasteiger partial charge on any atom is 0.338 e. The SMILES string of the molecule is CCC(C=C(C)C1CCCC(O)C(C)(C)c2cccc(c2)CC(O)C(O)C(=O)O1)CO. The molecule has 2 rings (SSSR count). The fourth-order valence-electron chi connectivity index (χ4n) is 4.03. The van der Waals surface area contributed by atoms with Crippen LogP contribution in [0.25, 0.3) is 0 Å². The van der Waals surface area contributed by atoms with E-state index < -0.39 is 35.8 Å². The van der Waals surface area contributed by atoms with Crippen molar-refractivity contribution in [1.82, 2.24) is 0 Å². The molecule has 6 heteroatoms. The molecule has 1 aliphatic heterocycles. The molecular formula is C25H38O6. The van der Waals surface area contributed by atoms with Gasteiger partial charge in [-0.25, -0.2) is 4.79 Å². The zero-order valence-electron chi connectivity index (χ0n) is 19.1. The van der Waals surface area contributed by atoms with Gasteiger partial charge in [0.2, 0.25) is 0 Å². The molecule has 1 aliphatic rings. The molecule has 0 saturated heterocycles. The van der Waals surface area contributed by atoms with Gasteiger partial charge >= 0.3 is 5.97 Å². The van der Waals surface area contributed by atoms with E-state index in [1.807, 2.05) is 58.0 Å². The number of aliphatic hydroxyl groups is 4. The van der Waals surface area contributed by atoms with Gasteiger partial charge in [-0.3, -0.25) is 0 Å². The van der Waals surface area contributed by atoms with E-state index in [1.54, 1.807) is 0 Å². The first-order chi connectivity index (χ1) is 14.6. The van der Waals surface area contributed by atoms with Crippen LogP contribution in [0.5, 0.6) is 0 Å². The van der Waals surface area contributed by atoms with Gasteiger partial charge in [0.25, 0.3) is 0 Å². The number of cyclic esters (lactones) is 1. The van der Waals surface area contributed by atoms with E-state index in [9.17, 15) is 25.2 Å². The van der Waals surface area contributed by atoms with Gasteiger partial charge in [0, 0.05) is 24.4 Å². The lowest BCUT2D eigenvalue weighted by Crippen LogP contribution is -2.39. The first-order valence-corrected chi connectivity index (χ1v) is 11.2. The predicted octanol–water partition coefficient (Wildman–Crippen LogP) is 2.65. The summed E-state index contributed by atoms with van der Waals surface area (Å²) in [6.07, 6.45) is 0.223. The molecule has 2 bridgehead atoms. The third-order valence-corrected chi connectivity index (χ3v) is 6.52. The highest BCUT2D eigenvalue weighted by Crippen LogP contribution is 2.32. The van der Waals surface area contributed by atoms with E-state index in [-0.39, 0.29) is 18.9 Å². The smallest absolute Gasteiger partial charge is 0.338 e. The molecule has 4 N–H and O–H groups in total. The second-order valence-corrected chi connectivity index (χ2v) is 9.27. The summed E-state index contributed by atoms with van der Waals surface area (Å²) in [4.78, 5) is 12.6. The Balaban J connectivity index is 2.35. The van der Waals surface area contributed by atoms with Crippen molar-refractivity contribution in [3.05, 3.63) is 47.0 Å². The van der Waals surface area contributed by atoms with Gasteiger partial charge in [0.15, 0.2) is 6.10 Å². The topological polar surface area (TPSA) is 107 Å². The van der Waals surface area contributed by atoms with Gasteiger partial charge in [0.1, 0.15) is 6.10 Å². The van der Waals surface area contributed by atoms with E-state index in [4.69, 9.17) is 4.74 Å². The highest BCUT2D eigenvalue weighted by Gasteiger charge is 2.33. The summed E-state index contributed by atoms with van der Waals surface area (Å²) < 4.78 is 5.59. The zero-order valence-corrected chi connectivity index (χ0v) is 19.1. The number of ether oxygens (including phenoxy) is 1. The molecular weight excluding hydrogens is 396 g/mol. The van der Waals surface area contributed by atoms with Crippen LogP contribution in [-0.2, 0) is 21.4 Å². The highest BCUT2D eigenvalue weighted by molar-refractivity contribution is 5.75. The second-order valence-electron chi connectivity index (χ2n) is 9.27. The number of rotatable bonds is 4. The predicted molar refractivity (Wildman–Crippen MR) is 120 cm³/mol. The largest absolute Gasteiger partial charge is 0.456 e. The lowest BCUT2D eigenvalue weighted by molar-refractivity contribution is -0.163. The van der Waals surface area contributed by atoms with Crippen molar-refractivity contribution in [2.75, 3.05) is 6.61 Å². The average molecular weight is 435 g/mol. The highest BCUT2D eigenvalue weighted by atomic mass is 16.6. The van der Waals surface area contributed by atoms with Crippen molar-refractivity contribution >= 4 is 5.97 Å². The Morgan fingerprint density at radius 3 is 2.61 bits per heavy atom. The molecule has 0 saturated carbocycles. The van der Waals surface area contributed by atoms with E-state index in [0.29, 0.717) is 19.3 Å². The summed E-state index contributed by atoms with van der Waals surface area (Å²) in [5, 5.41) is 41.3. The molecule has 31 heavy (non-hydrogen) atoms. The normalized spacial score (nSPS) is 29.0. The van der Waals surface area contributed by atoms with Crippen LogP contribution in [0.15, 0.2) is 35.9 Å². The minimum atomic E-state index is -1.65. The number of aliphatic hydroxyl groups excluding tert-OH is 4. The molecule has 5 atom stereocenters. The van der Waals surface area contributed by atoms with Crippen molar-refractivity contribution in [3.63, 3.8) is 0 Å². The number of hydrogen-bond donors (Lipinski definition) is 4. The fraction of sp³-hybridized carbons (Fsp3) is 0.640. The number of hydrogen-bond acceptors (Lipinski definition) is 6. The van der Waals surface area contributed by atoms with Gasteiger partial charge in [-0.15, -0.1) is 0 Å². The molecule has 6 nitrogen and oxygen atoms in total. The lowest BCUT2D eigenvalue weighted by Gasteiger charge is -2.32. The van der Waals surface area contributed by atoms with Crippen LogP contribution in [-0.4, -0.2) is 57.4 Å². The fourth-order valence-corrected chi connectivity index (χ4v) is 4.03. The van der Waals surface area contributed by atoms with Crippen LogP contribution in [0.2, 0.25) is 0 Å². The molecule has 0 spiro atoms.